The number of aliphatic hydroxyl groups excluding tert-OH is 1. The van der Waals surface area contributed by atoms with Crippen molar-refractivity contribution in [2.24, 2.45) is 0 Å². The van der Waals surface area contributed by atoms with Gasteiger partial charge in [-0.05, 0) is 0 Å². The van der Waals surface area contributed by atoms with Crippen LogP contribution in [0.4, 0.5) is 17.6 Å². The molecular weight excluding hydrogens is 227 g/mol. The number of aliphatic hydroxyl groups is 1. The van der Waals surface area contributed by atoms with Crippen LogP contribution in [-0.2, 0) is 11.1 Å². The summed E-state index contributed by atoms with van der Waals surface area (Å²) in [4.78, 5) is 0. The van der Waals surface area contributed by atoms with E-state index >= 15 is 0 Å². The zero-order valence-corrected chi connectivity index (χ0v) is 9.35. The maximum absolute atomic E-state index is 12.2. The van der Waals surface area contributed by atoms with E-state index in [0.717, 1.165) is 0 Å². The maximum atomic E-state index is 12.2. The Morgan fingerprint density at radius 3 is 1.69 bits per heavy atom. The van der Waals surface area contributed by atoms with Crippen LogP contribution in [0.25, 0.3) is 0 Å². The molecule has 3 nitrogen and oxygen atoms in total. The Labute approximate surface area is 97.6 Å². The van der Waals surface area contributed by atoms with E-state index in [1.54, 1.807) is 0 Å². The summed E-state index contributed by atoms with van der Waals surface area (Å²) in [6.07, 6.45) is -9.74. The first-order chi connectivity index (χ1) is 5.37. The fraction of sp³-hybridized carbons (Fsp3) is 1.00. The molecule has 0 radical (unpaired) electrons. The summed E-state index contributed by atoms with van der Waals surface area (Å²) in [5.41, 5.74) is 0. The van der Waals surface area contributed by atoms with Gasteiger partial charge < -0.3 is 11.1 Å². The van der Waals surface area contributed by atoms with Crippen molar-refractivity contribution in [2.45, 2.75) is 24.2 Å². The van der Waals surface area contributed by atoms with Gasteiger partial charge in [-0.15, -0.1) is 0 Å². The van der Waals surface area contributed by atoms with Crippen LogP contribution in [0.15, 0.2) is 0 Å². The molecule has 0 fully saturated rings. The molecule has 2 N–H and O–H groups in total. The Morgan fingerprint density at radius 1 is 1.23 bits per heavy atom. The molecule has 0 saturated carbocycles. The van der Waals surface area contributed by atoms with Crippen molar-refractivity contribution < 1.29 is 62.4 Å². The molecule has 0 aromatic carbocycles. The second-order valence-corrected chi connectivity index (χ2v) is 2.99. The molecule has 9 heteroatoms. The normalized spacial score (nSPS) is 20.2. The topological polar surface area (TPSA) is 57.5 Å². The van der Waals surface area contributed by atoms with Crippen molar-refractivity contribution in [1.82, 2.24) is 0 Å². The van der Waals surface area contributed by atoms with Crippen LogP contribution in [0, 0.1) is 0 Å². The molecule has 0 amide bonds. The average molecular weight is 234 g/mol. The molecule has 0 aliphatic rings. The SMILES string of the molecule is O=S(O)C(C(F)F)C(F)C(O)F.[H-].[Na+]. The van der Waals surface area contributed by atoms with Gasteiger partial charge in [-0.3, -0.25) is 0 Å². The summed E-state index contributed by atoms with van der Waals surface area (Å²) in [6.45, 7) is 0. The zero-order chi connectivity index (χ0) is 9.89. The number of rotatable bonds is 4. The number of hydrogen-bond acceptors (Lipinski definition) is 2. The smallest absolute Gasteiger partial charge is 1.00 e. The molecule has 0 spiro atoms. The second kappa shape index (κ2) is 7.13. The van der Waals surface area contributed by atoms with Crippen molar-refractivity contribution in [1.29, 1.82) is 0 Å². The average Bonchev–Trinajstić information content (AvgIpc) is 1.85. The summed E-state index contributed by atoms with van der Waals surface area (Å²) in [7, 11) is 0. The molecule has 0 bridgehead atoms. The van der Waals surface area contributed by atoms with Gasteiger partial charge in [0.15, 0.2) is 22.5 Å². The molecule has 0 aliphatic carbocycles. The number of alkyl halides is 4. The van der Waals surface area contributed by atoms with E-state index in [9.17, 15) is 21.8 Å². The minimum atomic E-state index is -3.50. The van der Waals surface area contributed by atoms with Crippen LogP contribution in [0.3, 0.4) is 0 Å². The summed E-state index contributed by atoms with van der Waals surface area (Å²) in [5.74, 6) is 0. The monoisotopic (exact) mass is 234 g/mol. The van der Waals surface area contributed by atoms with E-state index in [0.29, 0.717) is 0 Å². The predicted octanol–water partition coefficient (Wildman–Crippen LogP) is -2.42. The molecule has 0 aromatic heterocycles. The first kappa shape index (κ1) is 16.2. The first-order valence-electron chi connectivity index (χ1n) is 2.72. The van der Waals surface area contributed by atoms with Crippen molar-refractivity contribution in [3.05, 3.63) is 0 Å². The molecule has 0 rings (SSSR count). The van der Waals surface area contributed by atoms with Gasteiger partial charge in [-0.2, -0.15) is 0 Å². The van der Waals surface area contributed by atoms with E-state index in [1.165, 1.54) is 0 Å². The molecule has 0 saturated heterocycles. The molecule has 0 heterocycles. The largest absolute Gasteiger partial charge is 1.00 e. The molecule has 4 unspecified atom stereocenters. The molecule has 0 aromatic rings. The van der Waals surface area contributed by atoms with Crippen LogP contribution >= 0.6 is 0 Å². The van der Waals surface area contributed by atoms with Crippen molar-refractivity contribution in [3.8, 4) is 0 Å². The quantitative estimate of drug-likeness (QED) is 0.323. The van der Waals surface area contributed by atoms with Gasteiger partial charge >= 0.3 is 29.6 Å². The summed E-state index contributed by atoms with van der Waals surface area (Å²) < 4.78 is 65.4. The van der Waals surface area contributed by atoms with Gasteiger partial charge in [0.05, 0.1) is 0 Å². The van der Waals surface area contributed by atoms with Gasteiger partial charge in [0.25, 0.3) is 6.43 Å². The van der Waals surface area contributed by atoms with Gasteiger partial charge in [0.2, 0.25) is 6.36 Å². The Morgan fingerprint density at radius 2 is 1.62 bits per heavy atom. The Kier molecular flexibility index (Phi) is 8.90. The van der Waals surface area contributed by atoms with Crippen LogP contribution in [0.1, 0.15) is 1.43 Å². The molecule has 4 atom stereocenters. The fourth-order valence-corrected chi connectivity index (χ4v) is 1.02. The fourth-order valence-electron chi connectivity index (χ4n) is 0.495. The minimum Gasteiger partial charge on any atom is -1.00 e. The number of hydrogen-bond donors (Lipinski definition) is 2. The van der Waals surface area contributed by atoms with E-state index in [2.05, 4.69) is 0 Å². The third-order valence-corrected chi connectivity index (χ3v) is 1.99. The predicted molar refractivity (Wildman–Crippen MR) is 33.7 cm³/mol. The van der Waals surface area contributed by atoms with Crippen molar-refractivity contribution in [2.75, 3.05) is 0 Å². The van der Waals surface area contributed by atoms with E-state index < -0.39 is 35.3 Å². The van der Waals surface area contributed by atoms with Crippen molar-refractivity contribution in [3.63, 3.8) is 0 Å². The second-order valence-electron chi connectivity index (χ2n) is 1.89. The third kappa shape index (κ3) is 5.28. The molecule has 76 valence electrons. The van der Waals surface area contributed by atoms with Crippen LogP contribution in [0.5, 0.6) is 0 Å². The minimum absolute atomic E-state index is 0. The summed E-state index contributed by atoms with van der Waals surface area (Å²) in [5, 5.41) is 5.15. The molecule has 13 heavy (non-hydrogen) atoms. The Balaban J connectivity index is -0.000000605. The number of halogens is 4. The van der Waals surface area contributed by atoms with Gasteiger partial charge in [0, 0.05) is 0 Å². The van der Waals surface area contributed by atoms with E-state index in [1.807, 2.05) is 0 Å². The molecular formula is C4H7F4NaO3S. The van der Waals surface area contributed by atoms with E-state index in [4.69, 9.17) is 9.66 Å². The van der Waals surface area contributed by atoms with Gasteiger partial charge in [0.1, 0.15) is 0 Å². The van der Waals surface area contributed by atoms with Crippen LogP contribution in [-0.4, -0.2) is 38.1 Å². The molecule has 0 aliphatic heterocycles. The Bertz CT molecular complexity index is 175. The standard InChI is InChI=1S/C4H6F4O3S.Na.H/c5-1(4(8)9)2(3(6)7)12(10)11;;/h1-4,9H,(H,10,11);;/q;+1;-1. The van der Waals surface area contributed by atoms with Crippen molar-refractivity contribution >= 4 is 11.1 Å². The first-order valence-corrected chi connectivity index (χ1v) is 3.89. The van der Waals surface area contributed by atoms with Crippen LogP contribution < -0.4 is 29.6 Å². The summed E-state index contributed by atoms with van der Waals surface area (Å²) in [6, 6.07) is 0. The maximum Gasteiger partial charge on any atom is 1.00 e. The van der Waals surface area contributed by atoms with Gasteiger partial charge in [-0.1, -0.05) is 0 Å². The van der Waals surface area contributed by atoms with Gasteiger partial charge in [-0.25, -0.2) is 21.8 Å². The third-order valence-electron chi connectivity index (χ3n) is 1.06. The summed E-state index contributed by atoms with van der Waals surface area (Å²) >= 11 is -3.21. The Hall–Kier alpha value is 0.790. The zero-order valence-electron chi connectivity index (χ0n) is 7.53. The van der Waals surface area contributed by atoms with Crippen LogP contribution in [0.2, 0.25) is 0 Å². The van der Waals surface area contributed by atoms with E-state index in [-0.39, 0.29) is 31.0 Å².